The molecule has 2 aromatic heterocycles. The summed E-state index contributed by atoms with van der Waals surface area (Å²) < 4.78 is 2.15. The largest absolute Gasteiger partial charge is 0.353 e. The lowest BCUT2D eigenvalue weighted by Crippen LogP contribution is -2.18. The number of hydrogen-bond donors (Lipinski definition) is 1. The number of aromatic nitrogens is 1. The second-order valence-corrected chi connectivity index (χ2v) is 4.71. The van der Waals surface area contributed by atoms with E-state index in [0.29, 0.717) is 6.04 Å². The van der Waals surface area contributed by atoms with Crippen molar-refractivity contribution in [3.63, 3.8) is 0 Å². The molecule has 2 aromatic rings. The second kappa shape index (κ2) is 4.64. The lowest BCUT2D eigenvalue weighted by atomic mass is 10.2. The maximum atomic E-state index is 3.52. The van der Waals surface area contributed by atoms with Crippen LogP contribution in [-0.2, 0) is 13.6 Å². The Bertz CT molecular complexity index is 403. The summed E-state index contributed by atoms with van der Waals surface area (Å²) in [5, 5.41) is 5.64. The smallest absolute Gasteiger partial charge is 0.0389 e. The van der Waals surface area contributed by atoms with Crippen molar-refractivity contribution in [2.45, 2.75) is 19.5 Å². The Morgan fingerprint density at radius 2 is 2.27 bits per heavy atom. The Labute approximate surface area is 94.6 Å². The molecule has 0 bridgehead atoms. The van der Waals surface area contributed by atoms with Crippen molar-refractivity contribution in [3.8, 4) is 0 Å². The minimum atomic E-state index is 0.430. The molecule has 1 N–H and O–H groups in total. The molecule has 80 valence electrons. The molecule has 0 fully saturated rings. The molecule has 0 aliphatic rings. The molecule has 2 nitrogen and oxygen atoms in total. The molecule has 2 rings (SSSR count). The van der Waals surface area contributed by atoms with Gasteiger partial charge in [-0.25, -0.2) is 0 Å². The van der Waals surface area contributed by atoms with Crippen molar-refractivity contribution >= 4 is 11.3 Å². The van der Waals surface area contributed by atoms with Crippen LogP contribution >= 0.6 is 11.3 Å². The van der Waals surface area contributed by atoms with Gasteiger partial charge >= 0.3 is 0 Å². The number of hydrogen-bond acceptors (Lipinski definition) is 2. The van der Waals surface area contributed by atoms with Crippen molar-refractivity contribution < 1.29 is 0 Å². The standard InChI is InChI=1S/C12H16N2S/c1-10(12-6-4-8-15-12)13-9-11-5-3-7-14(11)2/h3-8,10,13H,9H2,1-2H3/t10-/m0/s1. The Hall–Kier alpha value is -1.06. The van der Waals surface area contributed by atoms with Gasteiger partial charge in [0.2, 0.25) is 0 Å². The Kier molecular flexibility index (Phi) is 3.23. The second-order valence-electron chi connectivity index (χ2n) is 3.73. The molecular weight excluding hydrogens is 204 g/mol. The first kappa shape index (κ1) is 10.5. The summed E-state index contributed by atoms with van der Waals surface area (Å²) in [4.78, 5) is 1.39. The SMILES string of the molecule is C[C@H](NCc1cccn1C)c1cccs1. The third-order valence-corrected chi connectivity index (χ3v) is 3.67. The highest BCUT2D eigenvalue weighted by molar-refractivity contribution is 7.10. The van der Waals surface area contributed by atoms with Crippen LogP contribution in [0.25, 0.3) is 0 Å². The van der Waals surface area contributed by atoms with Crippen molar-refractivity contribution in [2.75, 3.05) is 0 Å². The monoisotopic (exact) mass is 220 g/mol. The fourth-order valence-electron chi connectivity index (χ4n) is 1.58. The number of aryl methyl sites for hydroxylation is 1. The molecule has 0 saturated carbocycles. The maximum absolute atomic E-state index is 3.52. The van der Waals surface area contributed by atoms with Gasteiger partial charge in [-0.15, -0.1) is 11.3 Å². The zero-order valence-corrected chi connectivity index (χ0v) is 9.92. The van der Waals surface area contributed by atoms with E-state index < -0.39 is 0 Å². The number of rotatable bonds is 4. The molecule has 0 amide bonds. The van der Waals surface area contributed by atoms with Crippen LogP contribution in [0.5, 0.6) is 0 Å². The van der Waals surface area contributed by atoms with Gasteiger partial charge in [0.1, 0.15) is 0 Å². The molecule has 0 unspecified atom stereocenters. The van der Waals surface area contributed by atoms with Gasteiger partial charge in [-0.3, -0.25) is 0 Å². The van der Waals surface area contributed by atoms with Crippen LogP contribution in [0.15, 0.2) is 35.8 Å². The summed E-state index contributed by atoms with van der Waals surface area (Å²) in [6.07, 6.45) is 2.08. The summed E-state index contributed by atoms with van der Waals surface area (Å²) in [5.41, 5.74) is 1.32. The van der Waals surface area contributed by atoms with Crippen LogP contribution in [0.1, 0.15) is 23.5 Å². The number of nitrogens with one attached hydrogen (secondary N) is 1. The van der Waals surface area contributed by atoms with E-state index in [2.05, 4.69) is 59.7 Å². The molecule has 2 heterocycles. The highest BCUT2D eigenvalue weighted by Crippen LogP contribution is 2.18. The van der Waals surface area contributed by atoms with Crippen molar-refractivity contribution in [2.24, 2.45) is 7.05 Å². The van der Waals surface area contributed by atoms with Gasteiger partial charge in [0.05, 0.1) is 0 Å². The van der Waals surface area contributed by atoms with Gasteiger partial charge in [-0.1, -0.05) is 6.07 Å². The Balaban J connectivity index is 1.91. The van der Waals surface area contributed by atoms with E-state index in [-0.39, 0.29) is 0 Å². The van der Waals surface area contributed by atoms with E-state index in [1.54, 1.807) is 11.3 Å². The van der Waals surface area contributed by atoms with E-state index in [4.69, 9.17) is 0 Å². The third kappa shape index (κ3) is 2.49. The van der Waals surface area contributed by atoms with Crippen LogP contribution in [-0.4, -0.2) is 4.57 Å². The fourth-order valence-corrected chi connectivity index (χ4v) is 2.33. The Morgan fingerprint density at radius 3 is 2.87 bits per heavy atom. The first-order valence-electron chi connectivity index (χ1n) is 5.14. The molecule has 0 radical (unpaired) electrons. The Morgan fingerprint density at radius 1 is 1.40 bits per heavy atom. The molecule has 1 atom stereocenters. The zero-order valence-electron chi connectivity index (χ0n) is 9.10. The highest BCUT2D eigenvalue weighted by Gasteiger charge is 2.05. The summed E-state index contributed by atoms with van der Waals surface area (Å²) >= 11 is 1.80. The van der Waals surface area contributed by atoms with Crippen LogP contribution in [0.2, 0.25) is 0 Å². The van der Waals surface area contributed by atoms with Gasteiger partial charge in [-0.2, -0.15) is 0 Å². The summed E-state index contributed by atoms with van der Waals surface area (Å²) in [6, 6.07) is 8.93. The average molecular weight is 220 g/mol. The molecule has 3 heteroatoms. The van der Waals surface area contributed by atoms with Crippen molar-refractivity contribution in [1.82, 2.24) is 9.88 Å². The quantitative estimate of drug-likeness (QED) is 0.838. The molecule has 0 saturated heterocycles. The number of nitrogens with zero attached hydrogens (tertiary/aromatic N) is 1. The summed E-state index contributed by atoms with van der Waals surface area (Å²) in [6.45, 7) is 3.12. The van der Waals surface area contributed by atoms with Crippen molar-refractivity contribution in [3.05, 3.63) is 46.4 Å². The minimum Gasteiger partial charge on any atom is -0.353 e. The lowest BCUT2D eigenvalue weighted by molar-refractivity contribution is 0.565. The normalized spacial score (nSPS) is 12.9. The van der Waals surface area contributed by atoms with Gasteiger partial charge in [0, 0.05) is 36.4 Å². The summed E-state index contributed by atoms with van der Waals surface area (Å²) in [7, 11) is 2.08. The van der Waals surface area contributed by atoms with Crippen LogP contribution in [0, 0.1) is 0 Å². The topological polar surface area (TPSA) is 17.0 Å². The van der Waals surface area contributed by atoms with E-state index in [1.807, 2.05) is 0 Å². The highest BCUT2D eigenvalue weighted by atomic mass is 32.1. The van der Waals surface area contributed by atoms with Crippen LogP contribution < -0.4 is 5.32 Å². The first-order valence-corrected chi connectivity index (χ1v) is 6.02. The van der Waals surface area contributed by atoms with Crippen LogP contribution in [0.4, 0.5) is 0 Å². The van der Waals surface area contributed by atoms with Gasteiger partial charge in [0.25, 0.3) is 0 Å². The van der Waals surface area contributed by atoms with E-state index in [1.165, 1.54) is 10.6 Å². The molecule has 15 heavy (non-hydrogen) atoms. The van der Waals surface area contributed by atoms with E-state index in [9.17, 15) is 0 Å². The lowest BCUT2D eigenvalue weighted by Gasteiger charge is -2.12. The van der Waals surface area contributed by atoms with Gasteiger partial charge in [-0.05, 0) is 30.5 Å². The predicted molar refractivity (Wildman–Crippen MR) is 65.0 cm³/mol. The van der Waals surface area contributed by atoms with E-state index >= 15 is 0 Å². The third-order valence-electron chi connectivity index (χ3n) is 2.61. The van der Waals surface area contributed by atoms with Crippen molar-refractivity contribution in [1.29, 1.82) is 0 Å². The molecular formula is C12H16N2S. The molecule has 0 aromatic carbocycles. The molecule has 0 aliphatic carbocycles. The number of thiophene rings is 1. The van der Waals surface area contributed by atoms with Crippen LogP contribution in [0.3, 0.4) is 0 Å². The first-order chi connectivity index (χ1) is 7.27. The van der Waals surface area contributed by atoms with Gasteiger partial charge < -0.3 is 9.88 Å². The predicted octanol–water partition coefficient (Wildman–Crippen LogP) is 2.94. The summed E-state index contributed by atoms with van der Waals surface area (Å²) in [5.74, 6) is 0. The maximum Gasteiger partial charge on any atom is 0.0389 e. The zero-order chi connectivity index (χ0) is 10.7. The molecule has 0 aliphatic heterocycles. The average Bonchev–Trinajstić information content (AvgIpc) is 2.85. The minimum absolute atomic E-state index is 0.430. The van der Waals surface area contributed by atoms with E-state index in [0.717, 1.165) is 6.54 Å². The van der Waals surface area contributed by atoms with Gasteiger partial charge in [0.15, 0.2) is 0 Å². The fraction of sp³-hybridized carbons (Fsp3) is 0.333. The molecule has 0 spiro atoms.